The van der Waals surface area contributed by atoms with E-state index in [4.69, 9.17) is 4.74 Å². The van der Waals surface area contributed by atoms with E-state index in [0.29, 0.717) is 13.0 Å². The van der Waals surface area contributed by atoms with Gasteiger partial charge >= 0.3 is 0 Å². The summed E-state index contributed by atoms with van der Waals surface area (Å²) in [5, 5.41) is 8.31. The first-order chi connectivity index (χ1) is 12.8. The Kier molecular flexibility index (Phi) is 3.98. The molecule has 26 heavy (non-hydrogen) atoms. The molecule has 3 aliphatic heterocycles. The number of piperidine rings is 1. The zero-order valence-corrected chi connectivity index (χ0v) is 14.8. The van der Waals surface area contributed by atoms with Crippen molar-refractivity contribution in [2.24, 2.45) is 0 Å². The molecule has 5 rings (SSSR count). The number of anilines is 1. The van der Waals surface area contributed by atoms with Gasteiger partial charge in [-0.3, -0.25) is 9.69 Å². The van der Waals surface area contributed by atoms with Crippen LogP contribution in [0.25, 0.3) is 0 Å². The Labute approximate surface area is 152 Å². The normalized spacial score (nSPS) is 26.0. The fourth-order valence-electron chi connectivity index (χ4n) is 4.35. The summed E-state index contributed by atoms with van der Waals surface area (Å²) >= 11 is 0. The van der Waals surface area contributed by atoms with Gasteiger partial charge in [-0.05, 0) is 30.5 Å². The van der Waals surface area contributed by atoms with E-state index in [0.717, 1.165) is 50.4 Å². The lowest BCUT2D eigenvalue weighted by atomic mass is 10.00. The third-order valence-electron chi connectivity index (χ3n) is 5.74. The molecule has 0 N–H and O–H groups in total. The molecule has 1 aromatic heterocycles. The number of nitrogens with zero attached hydrogens (tertiary/aromatic N) is 5. The molecule has 0 spiro atoms. The maximum Gasteiger partial charge on any atom is 0.227 e. The van der Waals surface area contributed by atoms with E-state index in [1.54, 1.807) is 6.20 Å². The number of amides is 1. The zero-order valence-electron chi connectivity index (χ0n) is 14.8. The SMILES string of the molecule is O=C1CCCN1c1ccc(CN2CCC3OCc4cnnn4C3C2)cc1. The first-order valence-corrected chi connectivity index (χ1v) is 9.40. The van der Waals surface area contributed by atoms with Crippen molar-refractivity contribution in [3.05, 3.63) is 41.7 Å². The highest BCUT2D eigenvalue weighted by molar-refractivity contribution is 5.95. The van der Waals surface area contributed by atoms with Gasteiger partial charge in [0.25, 0.3) is 0 Å². The van der Waals surface area contributed by atoms with Crippen LogP contribution in [0.1, 0.15) is 36.6 Å². The molecule has 2 aromatic rings. The smallest absolute Gasteiger partial charge is 0.227 e. The number of carbonyl (C=O) groups excluding carboxylic acids is 1. The summed E-state index contributed by atoms with van der Waals surface area (Å²) in [5.41, 5.74) is 3.35. The molecule has 2 unspecified atom stereocenters. The molecule has 3 aliphatic rings. The summed E-state index contributed by atoms with van der Waals surface area (Å²) in [5.74, 6) is 0.237. The lowest BCUT2D eigenvalue weighted by Gasteiger charge is -2.41. The van der Waals surface area contributed by atoms with Crippen LogP contribution >= 0.6 is 0 Å². The van der Waals surface area contributed by atoms with E-state index in [1.165, 1.54) is 5.56 Å². The van der Waals surface area contributed by atoms with Crippen molar-refractivity contribution in [1.82, 2.24) is 19.9 Å². The maximum absolute atomic E-state index is 11.9. The van der Waals surface area contributed by atoms with Gasteiger partial charge in [0.05, 0.1) is 30.6 Å². The average Bonchev–Trinajstić information content (AvgIpc) is 3.31. The maximum atomic E-state index is 11.9. The summed E-state index contributed by atoms with van der Waals surface area (Å²) in [6, 6.07) is 8.68. The highest BCUT2D eigenvalue weighted by Gasteiger charge is 2.36. The molecule has 0 aliphatic carbocycles. The Morgan fingerprint density at radius 3 is 2.88 bits per heavy atom. The number of fused-ring (bicyclic) bond motifs is 3. The predicted molar refractivity (Wildman–Crippen MR) is 95.6 cm³/mol. The Morgan fingerprint density at radius 2 is 2.08 bits per heavy atom. The van der Waals surface area contributed by atoms with Crippen molar-refractivity contribution in [2.75, 3.05) is 24.5 Å². The lowest BCUT2D eigenvalue weighted by molar-refractivity contribution is -0.117. The molecule has 0 radical (unpaired) electrons. The number of likely N-dealkylation sites (tertiary alicyclic amines) is 1. The van der Waals surface area contributed by atoms with Crippen LogP contribution in [0.4, 0.5) is 5.69 Å². The van der Waals surface area contributed by atoms with Crippen LogP contribution in [0.5, 0.6) is 0 Å². The van der Waals surface area contributed by atoms with Gasteiger partial charge in [-0.1, -0.05) is 17.3 Å². The Hall–Kier alpha value is -2.25. The number of aromatic nitrogens is 3. The predicted octanol–water partition coefficient (Wildman–Crippen LogP) is 1.75. The molecular formula is C19H23N5O2. The van der Waals surface area contributed by atoms with E-state index in [-0.39, 0.29) is 18.1 Å². The third kappa shape index (κ3) is 2.81. The van der Waals surface area contributed by atoms with Crippen LogP contribution in [-0.4, -0.2) is 51.5 Å². The molecule has 2 saturated heterocycles. The number of benzene rings is 1. The topological polar surface area (TPSA) is 63.5 Å². The summed E-state index contributed by atoms with van der Waals surface area (Å²) < 4.78 is 8.03. The van der Waals surface area contributed by atoms with Gasteiger partial charge in [0, 0.05) is 38.3 Å². The van der Waals surface area contributed by atoms with Crippen molar-refractivity contribution in [2.45, 2.75) is 44.6 Å². The van der Waals surface area contributed by atoms with Crippen LogP contribution < -0.4 is 4.90 Å². The van der Waals surface area contributed by atoms with Crippen molar-refractivity contribution >= 4 is 11.6 Å². The van der Waals surface area contributed by atoms with Gasteiger partial charge in [0.1, 0.15) is 0 Å². The van der Waals surface area contributed by atoms with Gasteiger partial charge in [0.15, 0.2) is 0 Å². The van der Waals surface area contributed by atoms with Crippen LogP contribution in [0.3, 0.4) is 0 Å². The minimum Gasteiger partial charge on any atom is -0.370 e. The molecule has 136 valence electrons. The van der Waals surface area contributed by atoms with Gasteiger partial charge in [-0.25, -0.2) is 4.68 Å². The molecule has 2 fully saturated rings. The second kappa shape index (κ2) is 6.48. The van der Waals surface area contributed by atoms with Crippen LogP contribution in [0.15, 0.2) is 30.5 Å². The van der Waals surface area contributed by atoms with E-state index in [9.17, 15) is 4.79 Å². The van der Waals surface area contributed by atoms with Crippen LogP contribution in [0.2, 0.25) is 0 Å². The number of ether oxygens (including phenoxy) is 1. The van der Waals surface area contributed by atoms with Crippen LogP contribution in [-0.2, 0) is 22.7 Å². The summed E-state index contributed by atoms with van der Waals surface area (Å²) in [6.45, 7) is 4.31. The van der Waals surface area contributed by atoms with E-state index in [2.05, 4.69) is 39.5 Å². The zero-order chi connectivity index (χ0) is 17.5. The molecule has 0 bridgehead atoms. The average molecular weight is 353 g/mol. The molecule has 1 aromatic carbocycles. The van der Waals surface area contributed by atoms with Crippen molar-refractivity contribution in [1.29, 1.82) is 0 Å². The summed E-state index contributed by atoms with van der Waals surface area (Å²) in [7, 11) is 0. The van der Waals surface area contributed by atoms with Gasteiger partial charge in [-0.2, -0.15) is 0 Å². The van der Waals surface area contributed by atoms with Gasteiger partial charge in [0.2, 0.25) is 5.91 Å². The first-order valence-electron chi connectivity index (χ1n) is 9.40. The molecule has 7 nitrogen and oxygen atoms in total. The molecule has 0 saturated carbocycles. The quantitative estimate of drug-likeness (QED) is 0.841. The summed E-state index contributed by atoms with van der Waals surface area (Å²) in [6.07, 6.45) is 4.69. The highest BCUT2D eigenvalue weighted by atomic mass is 16.5. The molecule has 4 heterocycles. The Morgan fingerprint density at radius 1 is 1.19 bits per heavy atom. The van der Waals surface area contributed by atoms with Crippen molar-refractivity contribution < 1.29 is 9.53 Å². The van der Waals surface area contributed by atoms with E-state index in [1.807, 2.05) is 9.58 Å². The fourth-order valence-corrected chi connectivity index (χ4v) is 4.35. The van der Waals surface area contributed by atoms with Crippen molar-refractivity contribution in [3.8, 4) is 0 Å². The van der Waals surface area contributed by atoms with E-state index >= 15 is 0 Å². The highest BCUT2D eigenvalue weighted by Crippen LogP contribution is 2.31. The standard InChI is InChI=1S/C19H23N5O2/c25-19-2-1-8-23(19)15-5-3-14(4-6-15)11-22-9-7-18-17(12-22)24-16(13-26-18)10-20-21-24/h3-6,10,17-18H,1-2,7-9,11-13H2. The number of hydrogen-bond acceptors (Lipinski definition) is 5. The second-order valence-electron chi connectivity index (χ2n) is 7.43. The third-order valence-corrected chi connectivity index (χ3v) is 5.74. The Bertz CT molecular complexity index is 803. The fraction of sp³-hybridized carbons (Fsp3) is 0.526. The molecule has 1 amide bonds. The van der Waals surface area contributed by atoms with Gasteiger partial charge < -0.3 is 9.64 Å². The number of carbonyl (C=O) groups is 1. The Balaban J connectivity index is 1.27. The number of rotatable bonds is 3. The minimum absolute atomic E-state index is 0.237. The molecule has 2 atom stereocenters. The monoisotopic (exact) mass is 353 g/mol. The number of hydrogen-bond donors (Lipinski definition) is 0. The van der Waals surface area contributed by atoms with Gasteiger partial charge in [-0.15, -0.1) is 5.10 Å². The minimum atomic E-state index is 0.237. The lowest BCUT2D eigenvalue weighted by Crippen LogP contribution is -2.47. The molecular weight excluding hydrogens is 330 g/mol. The van der Waals surface area contributed by atoms with Crippen molar-refractivity contribution in [3.63, 3.8) is 0 Å². The second-order valence-corrected chi connectivity index (χ2v) is 7.43. The molecule has 7 heteroatoms. The first kappa shape index (κ1) is 16.0. The summed E-state index contributed by atoms with van der Waals surface area (Å²) in [4.78, 5) is 16.2. The largest absolute Gasteiger partial charge is 0.370 e. The van der Waals surface area contributed by atoms with E-state index < -0.39 is 0 Å². The van der Waals surface area contributed by atoms with Crippen LogP contribution in [0, 0.1) is 0 Å².